The molecule has 1 N–H and O–H groups in total. The second-order valence-corrected chi connectivity index (χ2v) is 9.13. The van der Waals surface area contributed by atoms with Crippen LogP contribution in [0.5, 0.6) is 0 Å². The molecule has 0 saturated carbocycles. The van der Waals surface area contributed by atoms with Crippen molar-refractivity contribution >= 4 is 33.4 Å². The van der Waals surface area contributed by atoms with Gasteiger partial charge in [-0.3, -0.25) is 19.3 Å². The highest BCUT2D eigenvalue weighted by Gasteiger charge is 2.32. The van der Waals surface area contributed by atoms with Crippen molar-refractivity contribution in [3.63, 3.8) is 0 Å². The molecule has 9 heteroatoms. The molecule has 0 unspecified atom stereocenters. The topological polar surface area (TPSA) is 104 Å². The van der Waals surface area contributed by atoms with Crippen LogP contribution in [0.2, 0.25) is 0 Å². The highest BCUT2D eigenvalue weighted by atomic mass is 32.2. The molecule has 2 aromatic rings. The van der Waals surface area contributed by atoms with Gasteiger partial charge in [-0.05, 0) is 48.9 Å². The zero-order chi connectivity index (χ0) is 22.1. The molecule has 0 radical (unpaired) electrons. The number of carbonyl (C=O) groups excluding carboxylic acids is 3. The van der Waals surface area contributed by atoms with Crippen molar-refractivity contribution in [1.29, 1.82) is 0 Å². The van der Waals surface area contributed by atoms with Crippen LogP contribution in [0, 0.1) is 0 Å². The minimum atomic E-state index is -3.61. The van der Waals surface area contributed by atoms with Gasteiger partial charge in [0, 0.05) is 31.9 Å². The van der Waals surface area contributed by atoms with Gasteiger partial charge >= 0.3 is 0 Å². The van der Waals surface area contributed by atoms with E-state index in [9.17, 15) is 22.8 Å². The lowest BCUT2D eigenvalue weighted by molar-refractivity contribution is 0.0692. The molecule has 8 nitrogen and oxygen atoms in total. The molecule has 0 saturated heterocycles. The van der Waals surface area contributed by atoms with E-state index in [1.165, 1.54) is 54.8 Å². The normalized spacial score (nSPS) is 13.7. The second-order valence-electron chi connectivity index (χ2n) is 7.09. The number of nitrogens with one attached hydrogen (secondary N) is 1. The summed E-state index contributed by atoms with van der Waals surface area (Å²) in [4.78, 5) is 37.7. The highest BCUT2D eigenvalue weighted by Crippen LogP contribution is 2.25. The van der Waals surface area contributed by atoms with E-state index in [2.05, 4.69) is 5.32 Å². The Morgan fingerprint density at radius 3 is 2.30 bits per heavy atom. The molecule has 3 rings (SSSR count). The van der Waals surface area contributed by atoms with Gasteiger partial charge in [0.25, 0.3) is 17.7 Å². The van der Waals surface area contributed by atoms with Crippen LogP contribution in [-0.4, -0.2) is 56.0 Å². The first kappa shape index (κ1) is 21.7. The fourth-order valence-electron chi connectivity index (χ4n) is 3.10. The molecule has 158 valence electrons. The summed E-state index contributed by atoms with van der Waals surface area (Å²) in [5, 5.41) is 2.67. The lowest BCUT2D eigenvalue weighted by Crippen LogP contribution is -2.28. The van der Waals surface area contributed by atoms with Crippen molar-refractivity contribution in [3.8, 4) is 0 Å². The average molecular weight is 429 g/mol. The number of benzene rings is 2. The summed E-state index contributed by atoms with van der Waals surface area (Å²) in [7, 11) is -0.677. The van der Waals surface area contributed by atoms with Gasteiger partial charge in [0.1, 0.15) is 0 Å². The second kappa shape index (κ2) is 8.37. The maximum Gasteiger partial charge on any atom is 0.261 e. The van der Waals surface area contributed by atoms with Crippen LogP contribution in [-0.2, 0) is 10.0 Å². The standard InChI is InChI=1S/C21H23N3O5S/c1-4-5-12-23(2)30(28,29)16-9-6-14(7-10-16)19(25)22-15-8-11-17-18(13-15)21(27)24(3)20(17)26/h6-11,13H,4-5,12H2,1-3H3,(H,22,25). The highest BCUT2D eigenvalue weighted by molar-refractivity contribution is 7.89. The summed E-state index contributed by atoms with van der Waals surface area (Å²) in [5.74, 6) is -1.26. The molecule has 30 heavy (non-hydrogen) atoms. The molecule has 1 heterocycles. The Bertz CT molecular complexity index is 1110. The summed E-state index contributed by atoms with van der Waals surface area (Å²) in [6.45, 7) is 2.41. The van der Waals surface area contributed by atoms with Gasteiger partial charge in [0.2, 0.25) is 10.0 Å². The summed E-state index contributed by atoms with van der Waals surface area (Å²) < 4.78 is 26.4. The molecular formula is C21H23N3O5S. The first-order valence-electron chi connectivity index (χ1n) is 9.51. The number of carbonyl (C=O) groups is 3. The minimum absolute atomic E-state index is 0.113. The van der Waals surface area contributed by atoms with E-state index in [0.717, 1.165) is 17.7 Å². The monoisotopic (exact) mass is 429 g/mol. The molecule has 0 aromatic heterocycles. The number of rotatable bonds is 7. The van der Waals surface area contributed by atoms with E-state index < -0.39 is 21.8 Å². The third-order valence-electron chi connectivity index (χ3n) is 5.00. The molecule has 0 spiro atoms. The van der Waals surface area contributed by atoms with Crippen molar-refractivity contribution in [1.82, 2.24) is 9.21 Å². The Morgan fingerprint density at radius 1 is 1.03 bits per heavy atom. The SMILES string of the molecule is CCCCN(C)S(=O)(=O)c1ccc(C(=O)Nc2ccc3c(c2)C(=O)N(C)C3=O)cc1. The van der Waals surface area contributed by atoms with Gasteiger partial charge in [-0.15, -0.1) is 0 Å². The van der Waals surface area contributed by atoms with E-state index in [0.29, 0.717) is 17.8 Å². The quantitative estimate of drug-likeness (QED) is 0.682. The first-order chi connectivity index (χ1) is 14.2. The number of fused-ring (bicyclic) bond motifs is 1. The fourth-order valence-corrected chi connectivity index (χ4v) is 4.31. The molecular weight excluding hydrogens is 406 g/mol. The zero-order valence-electron chi connectivity index (χ0n) is 17.0. The Morgan fingerprint density at radius 2 is 1.67 bits per heavy atom. The maximum atomic E-state index is 12.6. The van der Waals surface area contributed by atoms with Crippen molar-refractivity contribution in [2.24, 2.45) is 0 Å². The largest absolute Gasteiger partial charge is 0.322 e. The summed E-state index contributed by atoms with van der Waals surface area (Å²) >= 11 is 0. The molecule has 0 aliphatic carbocycles. The number of nitrogens with zero attached hydrogens (tertiary/aromatic N) is 2. The number of hydrogen-bond acceptors (Lipinski definition) is 5. The van der Waals surface area contributed by atoms with Gasteiger partial charge in [0.15, 0.2) is 0 Å². The lowest BCUT2D eigenvalue weighted by Gasteiger charge is -2.17. The van der Waals surface area contributed by atoms with Crippen molar-refractivity contribution in [2.75, 3.05) is 26.0 Å². The van der Waals surface area contributed by atoms with Crippen LogP contribution < -0.4 is 5.32 Å². The smallest absolute Gasteiger partial charge is 0.261 e. The number of hydrogen-bond donors (Lipinski definition) is 1. The van der Waals surface area contributed by atoms with E-state index in [1.54, 1.807) is 6.07 Å². The Hall–Kier alpha value is -3.04. The van der Waals surface area contributed by atoms with Crippen LogP contribution in [0.4, 0.5) is 5.69 Å². The first-order valence-corrected chi connectivity index (χ1v) is 10.9. The van der Waals surface area contributed by atoms with Crippen molar-refractivity contribution < 1.29 is 22.8 Å². The maximum absolute atomic E-state index is 12.6. The molecule has 0 bridgehead atoms. The molecule has 3 amide bonds. The molecule has 1 aliphatic rings. The number of sulfonamides is 1. The van der Waals surface area contributed by atoms with E-state index in [-0.39, 0.29) is 21.9 Å². The van der Waals surface area contributed by atoms with Crippen LogP contribution in [0.15, 0.2) is 47.4 Å². The summed E-state index contributed by atoms with van der Waals surface area (Å²) in [6.07, 6.45) is 1.65. The van der Waals surface area contributed by atoms with Gasteiger partial charge in [0.05, 0.1) is 16.0 Å². The molecule has 2 aromatic carbocycles. The molecule has 0 atom stereocenters. The summed E-state index contributed by atoms with van der Waals surface area (Å²) in [5.41, 5.74) is 1.16. The van der Waals surface area contributed by atoms with Gasteiger partial charge < -0.3 is 5.32 Å². The summed E-state index contributed by atoms with van der Waals surface area (Å²) in [6, 6.07) is 10.2. The van der Waals surface area contributed by atoms with Crippen LogP contribution >= 0.6 is 0 Å². The Balaban J connectivity index is 1.75. The lowest BCUT2D eigenvalue weighted by atomic mass is 10.1. The van der Waals surface area contributed by atoms with E-state index >= 15 is 0 Å². The number of amides is 3. The molecule has 0 fully saturated rings. The van der Waals surface area contributed by atoms with Crippen molar-refractivity contribution in [2.45, 2.75) is 24.7 Å². The fraction of sp³-hybridized carbons (Fsp3) is 0.286. The van der Waals surface area contributed by atoms with Crippen molar-refractivity contribution in [3.05, 3.63) is 59.2 Å². The predicted octanol–water partition coefficient (Wildman–Crippen LogP) is 2.59. The van der Waals surface area contributed by atoms with Crippen LogP contribution in [0.3, 0.4) is 0 Å². The molecule has 1 aliphatic heterocycles. The van der Waals surface area contributed by atoms with Crippen LogP contribution in [0.1, 0.15) is 50.8 Å². The predicted molar refractivity (Wildman–Crippen MR) is 112 cm³/mol. The Kier molecular flexibility index (Phi) is 6.04. The average Bonchev–Trinajstić information content (AvgIpc) is 2.95. The minimum Gasteiger partial charge on any atom is -0.322 e. The van der Waals surface area contributed by atoms with E-state index in [1.807, 2.05) is 6.92 Å². The third-order valence-corrected chi connectivity index (χ3v) is 6.87. The Labute approximate surface area is 175 Å². The number of anilines is 1. The van der Waals surface area contributed by atoms with Gasteiger partial charge in [-0.1, -0.05) is 13.3 Å². The van der Waals surface area contributed by atoms with E-state index in [4.69, 9.17) is 0 Å². The van der Waals surface area contributed by atoms with Gasteiger partial charge in [-0.2, -0.15) is 0 Å². The number of imide groups is 1. The third kappa shape index (κ3) is 3.99. The van der Waals surface area contributed by atoms with Gasteiger partial charge in [-0.25, -0.2) is 12.7 Å². The number of unbranched alkanes of at least 4 members (excludes halogenated alkanes) is 1. The zero-order valence-corrected chi connectivity index (χ0v) is 17.8. The van der Waals surface area contributed by atoms with Crippen LogP contribution in [0.25, 0.3) is 0 Å².